The fourth-order valence-corrected chi connectivity index (χ4v) is 4.67. The first kappa shape index (κ1) is 22.4. The number of likely N-dealkylation sites (tertiary alicyclic amines) is 1. The molecule has 1 N–H and O–H groups in total. The van der Waals surface area contributed by atoms with Crippen molar-refractivity contribution in [1.82, 2.24) is 20.0 Å². The van der Waals surface area contributed by atoms with Crippen LogP contribution >= 0.6 is 11.6 Å². The number of hydrogen-bond donors (Lipinski definition) is 1. The molecule has 0 bridgehead atoms. The topological polar surface area (TPSA) is 50.2 Å². The molecular formula is C24H25ClF2N4O. The van der Waals surface area contributed by atoms with Gasteiger partial charge in [0.25, 0.3) is 5.91 Å². The summed E-state index contributed by atoms with van der Waals surface area (Å²) in [5.41, 5.74) is 2.74. The predicted molar refractivity (Wildman–Crippen MR) is 120 cm³/mol. The van der Waals surface area contributed by atoms with E-state index in [0.29, 0.717) is 33.2 Å². The molecule has 1 aliphatic heterocycles. The molecule has 1 unspecified atom stereocenters. The number of rotatable bonds is 6. The fourth-order valence-electron chi connectivity index (χ4n) is 4.38. The average Bonchev–Trinajstić information content (AvgIpc) is 3.39. The smallest absolute Gasteiger partial charge is 0.255 e. The van der Waals surface area contributed by atoms with E-state index < -0.39 is 0 Å². The highest BCUT2D eigenvalue weighted by molar-refractivity contribution is 6.31. The van der Waals surface area contributed by atoms with Gasteiger partial charge < -0.3 is 5.32 Å². The van der Waals surface area contributed by atoms with Gasteiger partial charge in [0.15, 0.2) is 0 Å². The third-order valence-electron chi connectivity index (χ3n) is 5.96. The zero-order chi connectivity index (χ0) is 22.8. The maximum Gasteiger partial charge on any atom is 0.255 e. The van der Waals surface area contributed by atoms with Gasteiger partial charge in [0.1, 0.15) is 11.6 Å². The summed E-state index contributed by atoms with van der Waals surface area (Å²) >= 11 is 6.35. The summed E-state index contributed by atoms with van der Waals surface area (Å²) in [6, 6.07) is 10.2. The zero-order valence-electron chi connectivity index (χ0n) is 18.0. The first-order valence-corrected chi connectivity index (χ1v) is 11.0. The largest absolute Gasteiger partial charge is 0.350 e. The summed E-state index contributed by atoms with van der Waals surface area (Å²) in [6.45, 7) is 5.43. The van der Waals surface area contributed by atoms with E-state index in [0.717, 1.165) is 25.9 Å². The van der Waals surface area contributed by atoms with E-state index in [1.54, 1.807) is 42.8 Å². The van der Waals surface area contributed by atoms with Crippen molar-refractivity contribution >= 4 is 17.5 Å². The van der Waals surface area contributed by atoms with Gasteiger partial charge in [-0.3, -0.25) is 9.69 Å². The Hall–Kier alpha value is -2.77. The summed E-state index contributed by atoms with van der Waals surface area (Å²) in [5.74, 6) is -1.00. The van der Waals surface area contributed by atoms with Crippen LogP contribution in [-0.4, -0.2) is 40.2 Å². The van der Waals surface area contributed by atoms with Crippen molar-refractivity contribution in [3.63, 3.8) is 0 Å². The number of amides is 1. The van der Waals surface area contributed by atoms with Crippen LogP contribution in [0.25, 0.3) is 5.69 Å². The average molecular weight is 459 g/mol. The van der Waals surface area contributed by atoms with Gasteiger partial charge in [-0.15, -0.1) is 0 Å². The highest BCUT2D eigenvalue weighted by atomic mass is 35.5. The van der Waals surface area contributed by atoms with Gasteiger partial charge >= 0.3 is 0 Å². The van der Waals surface area contributed by atoms with Crippen molar-refractivity contribution in [2.45, 2.75) is 32.7 Å². The Bertz CT molecular complexity index is 1100. The minimum Gasteiger partial charge on any atom is -0.350 e. The molecule has 1 aromatic heterocycles. The first-order chi connectivity index (χ1) is 15.4. The first-order valence-electron chi connectivity index (χ1n) is 10.6. The van der Waals surface area contributed by atoms with E-state index >= 15 is 0 Å². The standard InChI is InChI=1S/C24H25ClF2N4O/c1-15-22(16(2)31(29-15)18-10-8-17(26)9-11-18)24(32)28-14-21(30-12-3-4-13-30)23-19(25)6-5-7-20(23)27/h5-11,21H,3-4,12-14H2,1-2H3,(H,28,32). The van der Waals surface area contributed by atoms with Gasteiger partial charge in [0.05, 0.1) is 28.7 Å². The van der Waals surface area contributed by atoms with Gasteiger partial charge in [-0.1, -0.05) is 17.7 Å². The molecule has 2 heterocycles. The number of aryl methyl sites for hydroxylation is 1. The normalized spacial score (nSPS) is 15.2. The zero-order valence-corrected chi connectivity index (χ0v) is 18.8. The third-order valence-corrected chi connectivity index (χ3v) is 6.29. The molecule has 0 radical (unpaired) electrons. The second-order valence-electron chi connectivity index (χ2n) is 8.04. The Morgan fingerprint density at radius 2 is 1.81 bits per heavy atom. The second-order valence-corrected chi connectivity index (χ2v) is 8.45. The summed E-state index contributed by atoms with van der Waals surface area (Å²) in [4.78, 5) is 15.3. The van der Waals surface area contributed by atoms with Crippen molar-refractivity contribution in [1.29, 1.82) is 0 Å². The quantitative estimate of drug-likeness (QED) is 0.566. The minimum absolute atomic E-state index is 0.222. The molecule has 1 atom stereocenters. The number of hydrogen-bond acceptors (Lipinski definition) is 3. The van der Waals surface area contributed by atoms with Crippen LogP contribution in [0.3, 0.4) is 0 Å². The molecule has 1 aliphatic rings. The number of carbonyl (C=O) groups is 1. The van der Waals surface area contributed by atoms with Crippen molar-refractivity contribution in [2.24, 2.45) is 0 Å². The minimum atomic E-state index is -0.375. The maximum atomic E-state index is 14.7. The molecule has 3 aromatic rings. The molecule has 1 amide bonds. The number of nitrogens with zero attached hydrogens (tertiary/aromatic N) is 3. The molecule has 2 aromatic carbocycles. The van der Waals surface area contributed by atoms with Crippen molar-refractivity contribution in [3.8, 4) is 5.69 Å². The molecule has 0 saturated carbocycles. The SMILES string of the molecule is Cc1nn(-c2ccc(F)cc2)c(C)c1C(=O)NCC(c1c(F)cccc1Cl)N1CCCC1. The molecule has 1 saturated heterocycles. The second kappa shape index (κ2) is 9.38. The van der Waals surface area contributed by atoms with Crippen LogP contribution in [-0.2, 0) is 0 Å². The number of benzene rings is 2. The van der Waals surface area contributed by atoms with Crippen LogP contribution < -0.4 is 5.32 Å². The molecule has 168 valence electrons. The van der Waals surface area contributed by atoms with Crippen molar-refractivity contribution < 1.29 is 13.6 Å². The van der Waals surface area contributed by atoms with Crippen LogP contribution in [0.4, 0.5) is 8.78 Å². The molecule has 1 fully saturated rings. The maximum absolute atomic E-state index is 14.7. The van der Waals surface area contributed by atoms with E-state index in [1.807, 2.05) is 0 Å². The molecule has 32 heavy (non-hydrogen) atoms. The Kier molecular flexibility index (Phi) is 6.58. The van der Waals surface area contributed by atoms with Crippen molar-refractivity contribution in [2.75, 3.05) is 19.6 Å². The molecular weight excluding hydrogens is 434 g/mol. The van der Waals surface area contributed by atoms with Crippen molar-refractivity contribution in [3.05, 3.63) is 81.6 Å². The lowest BCUT2D eigenvalue weighted by atomic mass is 10.0. The summed E-state index contributed by atoms with van der Waals surface area (Å²) in [5, 5.41) is 7.78. The van der Waals surface area contributed by atoms with E-state index in [2.05, 4.69) is 15.3 Å². The number of aromatic nitrogens is 2. The van der Waals surface area contributed by atoms with Crippen LogP contribution in [0.1, 0.15) is 46.2 Å². The molecule has 0 spiro atoms. The molecule has 4 rings (SSSR count). The number of halogens is 3. The molecule has 0 aliphatic carbocycles. The Balaban J connectivity index is 1.58. The van der Waals surface area contributed by atoms with E-state index in [4.69, 9.17) is 11.6 Å². The lowest BCUT2D eigenvalue weighted by molar-refractivity contribution is 0.0936. The third kappa shape index (κ3) is 4.40. The molecule has 8 heteroatoms. The highest BCUT2D eigenvalue weighted by Gasteiger charge is 2.29. The Labute approximate surface area is 191 Å². The Morgan fingerprint density at radius 3 is 2.47 bits per heavy atom. The number of nitrogens with one attached hydrogen (secondary N) is 1. The van der Waals surface area contributed by atoms with E-state index in [1.165, 1.54) is 18.2 Å². The van der Waals surface area contributed by atoms with Crippen LogP contribution in [0.15, 0.2) is 42.5 Å². The van der Waals surface area contributed by atoms with Gasteiger partial charge in [-0.05, 0) is 76.2 Å². The van der Waals surface area contributed by atoms with E-state index in [-0.39, 0.29) is 30.1 Å². The monoisotopic (exact) mass is 458 g/mol. The highest BCUT2D eigenvalue weighted by Crippen LogP contribution is 2.32. The predicted octanol–water partition coefficient (Wildman–Crippen LogP) is 4.99. The molecule has 5 nitrogen and oxygen atoms in total. The lowest BCUT2D eigenvalue weighted by Crippen LogP contribution is -2.37. The lowest BCUT2D eigenvalue weighted by Gasteiger charge is -2.29. The van der Waals surface area contributed by atoms with Gasteiger partial charge in [-0.25, -0.2) is 13.5 Å². The summed E-state index contributed by atoms with van der Waals surface area (Å²) < 4.78 is 29.6. The van der Waals surface area contributed by atoms with E-state index in [9.17, 15) is 13.6 Å². The summed E-state index contributed by atoms with van der Waals surface area (Å²) in [7, 11) is 0. The summed E-state index contributed by atoms with van der Waals surface area (Å²) in [6.07, 6.45) is 2.05. The van der Waals surface area contributed by atoms with Gasteiger partial charge in [-0.2, -0.15) is 5.10 Å². The fraction of sp³-hybridized carbons (Fsp3) is 0.333. The van der Waals surface area contributed by atoms with Crippen LogP contribution in [0.5, 0.6) is 0 Å². The van der Waals surface area contributed by atoms with Crippen LogP contribution in [0, 0.1) is 25.5 Å². The van der Waals surface area contributed by atoms with Gasteiger partial charge in [0.2, 0.25) is 0 Å². The Morgan fingerprint density at radius 1 is 1.12 bits per heavy atom. The number of carbonyl (C=O) groups excluding carboxylic acids is 1. The van der Waals surface area contributed by atoms with Crippen LogP contribution in [0.2, 0.25) is 5.02 Å². The van der Waals surface area contributed by atoms with Gasteiger partial charge in [0, 0.05) is 17.1 Å².